The minimum Gasteiger partial charge on any atom is -0.398 e. The van der Waals surface area contributed by atoms with E-state index in [2.05, 4.69) is 43.3 Å². The van der Waals surface area contributed by atoms with E-state index in [9.17, 15) is 0 Å². The van der Waals surface area contributed by atoms with Crippen LogP contribution in [0, 0.1) is 0 Å². The molecule has 2 aromatic rings. The number of fused-ring (bicyclic) bond motifs is 1. The molecular formula is C19H21N. The minimum atomic E-state index is 0.460. The molecule has 0 atom stereocenters. The molecule has 0 amide bonds. The molecule has 20 heavy (non-hydrogen) atoms. The van der Waals surface area contributed by atoms with Crippen LogP contribution in [0.1, 0.15) is 42.9 Å². The van der Waals surface area contributed by atoms with Crippen LogP contribution >= 0.6 is 0 Å². The lowest BCUT2D eigenvalue weighted by Crippen LogP contribution is -1.99. The van der Waals surface area contributed by atoms with Crippen LogP contribution in [0.3, 0.4) is 0 Å². The Morgan fingerprint density at radius 3 is 2.30 bits per heavy atom. The highest BCUT2D eigenvalue weighted by Gasteiger charge is 2.38. The predicted octanol–water partition coefficient (Wildman–Crippen LogP) is 4.48. The molecule has 0 radical (unpaired) electrons. The minimum absolute atomic E-state index is 0.460. The van der Waals surface area contributed by atoms with Gasteiger partial charge in [0.25, 0.3) is 0 Å². The summed E-state index contributed by atoms with van der Waals surface area (Å²) in [5.74, 6) is 0. The Morgan fingerprint density at radius 1 is 0.900 bits per heavy atom. The zero-order valence-electron chi connectivity index (χ0n) is 12.1. The molecule has 0 heterocycles. The molecule has 1 nitrogen and oxygen atoms in total. The summed E-state index contributed by atoms with van der Waals surface area (Å²) < 4.78 is 0. The van der Waals surface area contributed by atoms with Gasteiger partial charge in [0.2, 0.25) is 0 Å². The molecule has 2 aliphatic rings. The van der Waals surface area contributed by atoms with Crippen molar-refractivity contribution in [1.82, 2.24) is 0 Å². The van der Waals surface area contributed by atoms with E-state index < -0.39 is 0 Å². The summed E-state index contributed by atoms with van der Waals surface area (Å²) in [5, 5.41) is 0. The molecule has 2 aliphatic carbocycles. The number of hydrogen-bond acceptors (Lipinski definition) is 1. The number of nitrogens with two attached hydrogens (primary N) is 1. The van der Waals surface area contributed by atoms with Crippen LogP contribution in [-0.4, -0.2) is 0 Å². The number of hydrogen-bond donors (Lipinski definition) is 1. The topological polar surface area (TPSA) is 26.0 Å². The van der Waals surface area contributed by atoms with E-state index in [1.165, 1.54) is 53.5 Å². The highest BCUT2D eigenvalue weighted by molar-refractivity contribution is 5.74. The Labute approximate surface area is 120 Å². The van der Waals surface area contributed by atoms with Crippen molar-refractivity contribution in [2.24, 2.45) is 0 Å². The Morgan fingerprint density at radius 2 is 1.60 bits per heavy atom. The first-order valence-electron chi connectivity index (χ1n) is 7.68. The molecule has 1 heteroatoms. The van der Waals surface area contributed by atoms with E-state index in [-0.39, 0.29) is 0 Å². The summed E-state index contributed by atoms with van der Waals surface area (Å²) in [4.78, 5) is 0. The second-order valence-electron chi connectivity index (χ2n) is 6.65. The highest BCUT2D eigenvalue weighted by Crippen LogP contribution is 2.48. The standard InChI is InChI=1S/C19H21N/c1-19(11-12-19)14-7-5-13(6-8-14)15-9-10-18(20)17-4-2-3-16(15)17/h5-10H,2-4,11-12,20H2,1H3. The van der Waals surface area contributed by atoms with Crippen LogP contribution in [0.4, 0.5) is 5.69 Å². The van der Waals surface area contributed by atoms with E-state index in [0.717, 1.165) is 12.1 Å². The van der Waals surface area contributed by atoms with Gasteiger partial charge in [-0.15, -0.1) is 0 Å². The van der Waals surface area contributed by atoms with Crippen molar-refractivity contribution in [3.63, 3.8) is 0 Å². The second-order valence-corrected chi connectivity index (χ2v) is 6.65. The lowest BCUT2D eigenvalue weighted by molar-refractivity contribution is 0.788. The van der Waals surface area contributed by atoms with Gasteiger partial charge in [0.15, 0.2) is 0 Å². The fraction of sp³-hybridized carbons (Fsp3) is 0.368. The molecule has 4 rings (SSSR count). The number of anilines is 1. The molecule has 102 valence electrons. The molecule has 0 spiro atoms. The Hall–Kier alpha value is -1.76. The molecule has 2 N–H and O–H groups in total. The summed E-state index contributed by atoms with van der Waals surface area (Å²) in [6.07, 6.45) is 6.24. The van der Waals surface area contributed by atoms with Crippen molar-refractivity contribution in [2.45, 2.75) is 44.4 Å². The van der Waals surface area contributed by atoms with Crippen LogP contribution in [0.2, 0.25) is 0 Å². The van der Waals surface area contributed by atoms with E-state index in [1.807, 2.05) is 0 Å². The van der Waals surface area contributed by atoms with Crippen LogP contribution < -0.4 is 5.73 Å². The van der Waals surface area contributed by atoms with E-state index in [1.54, 1.807) is 0 Å². The molecule has 0 aliphatic heterocycles. The monoisotopic (exact) mass is 263 g/mol. The van der Waals surface area contributed by atoms with E-state index >= 15 is 0 Å². The van der Waals surface area contributed by atoms with Crippen LogP contribution in [-0.2, 0) is 18.3 Å². The Kier molecular flexibility index (Phi) is 2.47. The summed E-state index contributed by atoms with van der Waals surface area (Å²) in [6, 6.07) is 13.5. The van der Waals surface area contributed by atoms with Crippen LogP contribution in [0.15, 0.2) is 36.4 Å². The third kappa shape index (κ3) is 1.76. The summed E-state index contributed by atoms with van der Waals surface area (Å²) in [7, 11) is 0. The van der Waals surface area contributed by atoms with Crippen LogP contribution in [0.25, 0.3) is 11.1 Å². The smallest absolute Gasteiger partial charge is 0.0349 e. The lowest BCUT2D eigenvalue weighted by atomic mass is 9.92. The van der Waals surface area contributed by atoms with Gasteiger partial charge in [-0.25, -0.2) is 0 Å². The van der Waals surface area contributed by atoms with Gasteiger partial charge >= 0.3 is 0 Å². The quantitative estimate of drug-likeness (QED) is 0.794. The first-order valence-corrected chi connectivity index (χ1v) is 7.68. The van der Waals surface area contributed by atoms with Gasteiger partial charge in [0, 0.05) is 5.69 Å². The normalized spacial score (nSPS) is 18.9. The fourth-order valence-electron chi connectivity index (χ4n) is 3.53. The average molecular weight is 263 g/mol. The zero-order valence-corrected chi connectivity index (χ0v) is 12.1. The molecule has 2 aromatic carbocycles. The van der Waals surface area contributed by atoms with Gasteiger partial charge in [-0.3, -0.25) is 0 Å². The van der Waals surface area contributed by atoms with E-state index in [4.69, 9.17) is 5.73 Å². The van der Waals surface area contributed by atoms with Gasteiger partial charge < -0.3 is 5.73 Å². The molecule has 0 unspecified atom stereocenters. The first-order chi connectivity index (χ1) is 9.67. The number of nitrogen functional groups attached to an aromatic ring is 1. The second kappa shape index (κ2) is 4.12. The largest absolute Gasteiger partial charge is 0.398 e. The van der Waals surface area contributed by atoms with E-state index in [0.29, 0.717) is 5.41 Å². The lowest BCUT2D eigenvalue weighted by Gasteiger charge is -2.13. The van der Waals surface area contributed by atoms with Gasteiger partial charge in [-0.2, -0.15) is 0 Å². The molecule has 0 aromatic heterocycles. The molecular weight excluding hydrogens is 242 g/mol. The Bertz CT molecular complexity index is 663. The zero-order chi connectivity index (χ0) is 13.7. The van der Waals surface area contributed by atoms with Crippen molar-refractivity contribution < 1.29 is 0 Å². The fourth-order valence-corrected chi connectivity index (χ4v) is 3.53. The first kappa shape index (κ1) is 12.0. The van der Waals surface area contributed by atoms with Crippen molar-refractivity contribution in [1.29, 1.82) is 0 Å². The molecule has 0 saturated heterocycles. The average Bonchev–Trinajstić information content (AvgIpc) is 3.03. The third-order valence-electron chi connectivity index (χ3n) is 5.21. The van der Waals surface area contributed by atoms with Crippen molar-refractivity contribution in [3.05, 3.63) is 53.1 Å². The number of benzene rings is 2. The van der Waals surface area contributed by atoms with Crippen molar-refractivity contribution in [2.75, 3.05) is 5.73 Å². The Balaban J connectivity index is 1.76. The van der Waals surface area contributed by atoms with Gasteiger partial charge in [-0.1, -0.05) is 37.3 Å². The highest BCUT2D eigenvalue weighted by atomic mass is 14.6. The maximum Gasteiger partial charge on any atom is 0.0349 e. The van der Waals surface area contributed by atoms with Crippen molar-refractivity contribution >= 4 is 5.69 Å². The van der Waals surface area contributed by atoms with Gasteiger partial charge in [0.05, 0.1) is 0 Å². The van der Waals surface area contributed by atoms with Gasteiger partial charge in [0.1, 0.15) is 0 Å². The van der Waals surface area contributed by atoms with Crippen molar-refractivity contribution in [3.8, 4) is 11.1 Å². The summed E-state index contributed by atoms with van der Waals surface area (Å²) >= 11 is 0. The molecule has 1 fully saturated rings. The maximum absolute atomic E-state index is 6.11. The molecule has 1 saturated carbocycles. The third-order valence-corrected chi connectivity index (χ3v) is 5.21. The number of rotatable bonds is 2. The SMILES string of the molecule is CC1(c2ccc(-c3ccc(N)c4c3CCC4)cc2)CC1. The van der Waals surface area contributed by atoms with Gasteiger partial charge in [-0.05, 0) is 71.4 Å². The summed E-state index contributed by atoms with van der Waals surface area (Å²) in [5.41, 5.74) is 14.6. The maximum atomic E-state index is 6.11. The predicted molar refractivity (Wildman–Crippen MR) is 84.9 cm³/mol. The van der Waals surface area contributed by atoms with Crippen LogP contribution in [0.5, 0.6) is 0 Å². The molecule has 0 bridgehead atoms. The summed E-state index contributed by atoms with van der Waals surface area (Å²) in [6.45, 7) is 2.36.